The fourth-order valence-corrected chi connectivity index (χ4v) is 4.44. The van der Waals surface area contributed by atoms with E-state index in [1.54, 1.807) is 30.3 Å². The molecule has 4 N–H and O–H groups in total. The van der Waals surface area contributed by atoms with Gasteiger partial charge in [0.1, 0.15) is 5.82 Å². The molecule has 10 heteroatoms. The van der Waals surface area contributed by atoms with E-state index in [1.807, 2.05) is 0 Å². The molecule has 6 nitrogen and oxygen atoms in total. The first-order valence-electron chi connectivity index (χ1n) is 9.02. The van der Waals surface area contributed by atoms with Crippen LogP contribution in [0.4, 0.5) is 15.8 Å². The lowest BCUT2D eigenvalue weighted by Crippen LogP contribution is -2.18. The molecule has 1 amide bonds. The molecule has 0 unspecified atom stereocenters. The van der Waals surface area contributed by atoms with E-state index in [9.17, 15) is 17.6 Å². The summed E-state index contributed by atoms with van der Waals surface area (Å²) in [5.74, 6) is -1.82. The van der Waals surface area contributed by atoms with Gasteiger partial charge in [0.25, 0.3) is 5.91 Å². The number of carbonyl (C=O) groups is 1. The van der Waals surface area contributed by atoms with Crippen LogP contribution in [0.15, 0.2) is 60.7 Å². The van der Waals surface area contributed by atoms with Gasteiger partial charge in [0.05, 0.1) is 22.0 Å². The molecule has 0 aliphatic rings. The first-order chi connectivity index (χ1) is 14.7. The maximum absolute atomic E-state index is 14.0. The monoisotopic (exact) mass is 481 g/mol. The number of sulfonamides is 1. The Hall–Kier alpha value is -2.65. The number of nitrogens with one attached hydrogen (secondary N) is 2. The summed E-state index contributed by atoms with van der Waals surface area (Å²) >= 11 is 11.8. The SMILES string of the molecule is NCc1ccc(NC(=O)c2c(F)cccc2Cl)cc1NS(=O)(=O)Cc1ccc(Cl)cc1. The van der Waals surface area contributed by atoms with Gasteiger partial charge in [0, 0.05) is 17.3 Å². The molecule has 0 spiro atoms. The van der Waals surface area contributed by atoms with Crippen molar-refractivity contribution >= 4 is 50.5 Å². The summed E-state index contributed by atoms with van der Waals surface area (Å²) in [4.78, 5) is 12.5. The van der Waals surface area contributed by atoms with E-state index in [2.05, 4.69) is 10.0 Å². The summed E-state index contributed by atoms with van der Waals surface area (Å²) in [5, 5.41) is 2.98. The lowest BCUT2D eigenvalue weighted by molar-refractivity contribution is 0.102. The van der Waals surface area contributed by atoms with Gasteiger partial charge in [-0.05, 0) is 47.5 Å². The Bertz CT molecular complexity index is 1200. The summed E-state index contributed by atoms with van der Waals surface area (Å²) in [6, 6.07) is 14.8. The second-order valence-electron chi connectivity index (χ2n) is 6.61. The van der Waals surface area contributed by atoms with E-state index in [0.717, 1.165) is 6.07 Å². The van der Waals surface area contributed by atoms with Crippen LogP contribution in [-0.2, 0) is 22.3 Å². The molecule has 0 heterocycles. The van der Waals surface area contributed by atoms with E-state index in [0.29, 0.717) is 16.1 Å². The van der Waals surface area contributed by atoms with Crippen LogP contribution in [0.25, 0.3) is 0 Å². The standard InChI is InChI=1S/C21H18Cl2FN3O3S/c22-15-7-4-13(5-8-15)12-31(29,30)27-19-10-16(9-6-14(19)11-25)26-21(28)20-17(23)2-1-3-18(20)24/h1-10,27H,11-12,25H2,(H,26,28). The highest BCUT2D eigenvalue weighted by Gasteiger charge is 2.18. The Morgan fingerprint density at radius 1 is 1.03 bits per heavy atom. The van der Waals surface area contributed by atoms with Crippen LogP contribution in [0.1, 0.15) is 21.5 Å². The maximum Gasteiger partial charge on any atom is 0.260 e. The van der Waals surface area contributed by atoms with Gasteiger partial charge in [-0.3, -0.25) is 9.52 Å². The highest BCUT2D eigenvalue weighted by Crippen LogP contribution is 2.25. The second-order valence-corrected chi connectivity index (χ2v) is 9.18. The maximum atomic E-state index is 14.0. The molecule has 0 aromatic heterocycles. The summed E-state index contributed by atoms with van der Waals surface area (Å²) < 4.78 is 41.7. The number of nitrogens with two attached hydrogens (primary N) is 1. The fourth-order valence-electron chi connectivity index (χ4n) is 2.84. The molecule has 0 aliphatic carbocycles. The lowest BCUT2D eigenvalue weighted by Gasteiger charge is -2.14. The summed E-state index contributed by atoms with van der Waals surface area (Å²) in [6.45, 7) is 0.0617. The molecular formula is C21H18Cl2FN3O3S. The molecule has 0 radical (unpaired) electrons. The third-order valence-corrected chi connectivity index (χ3v) is 6.12. The van der Waals surface area contributed by atoms with Crippen LogP contribution < -0.4 is 15.8 Å². The molecule has 0 atom stereocenters. The number of benzene rings is 3. The van der Waals surface area contributed by atoms with Gasteiger partial charge in [-0.15, -0.1) is 0 Å². The number of carbonyl (C=O) groups excluding carboxylic acids is 1. The van der Waals surface area contributed by atoms with Crippen molar-refractivity contribution < 1.29 is 17.6 Å². The molecule has 3 aromatic carbocycles. The van der Waals surface area contributed by atoms with Crippen molar-refractivity contribution in [2.45, 2.75) is 12.3 Å². The van der Waals surface area contributed by atoms with Crippen molar-refractivity contribution in [3.05, 3.63) is 93.2 Å². The zero-order chi connectivity index (χ0) is 22.6. The van der Waals surface area contributed by atoms with Crippen LogP contribution in [0.2, 0.25) is 10.0 Å². The van der Waals surface area contributed by atoms with Gasteiger partial charge < -0.3 is 11.1 Å². The smallest absolute Gasteiger partial charge is 0.260 e. The largest absolute Gasteiger partial charge is 0.326 e. The average molecular weight is 482 g/mol. The van der Waals surface area contributed by atoms with E-state index >= 15 is 0 Å². The predicted molar refractivity (Wildman–Crippen MR) is 121 cm³/mol. The number of amides is 1. The van der Waals surface area contributed by atoms with Crippen LogP contribution in [0, 0.1) is 5.82 Å². The molecule has 162 valence electrons. The molecule has 0 bridgehead atoms. The van der Waals surface area contributed by atoms with E-state index < -0.39 is 21.7 Å². The molecule has 0 aliphatic heterocycles. The molecular weight excluding hydrogens is 464 g/mol. The van der Waals surface area contributed by atoms with Gasteiger partial charge >= 0.3 is 0 Å². The minimum Gasteiger partial charge on any atom is -0.326 e. The lowest BCUT2D eigenvalue weighted by atomic mass is 10.1. The first-order valence-corrected chi connectivity index (χ1v) is 11.4. The molecule has 0 saturated carbocycles. The quantitative estimate of drug-likeness (QED) is 0.451. The van der Waals surface area contributed by atoms with E-state index in [-0.39, 0.29) is 34.3 Å². The Labute approximate surface area is 189 Å². The van der Waals surface area contributed by atoms with Gasteiger partial charge in [0.15, 0.2) is 0 Å². The Balaban J connectivity index is 1.83. The zero-order valence-electron chi connectivity index (χ0n) is 16.0. The van der Waals surface area contributed by atoms with Gasteiger partial charge in [-0.1, -0.05) is 47.5 Å². The predicted octanol–water partition coefficient (Wildman–Crippen LogP) is 4.79. The van der Waals surface area contributed by atoms with Crippen LogP contribution in [0.5, 0.6) is 0 Å². The molecule has 0 saturated heterocycles. The summed E-state index contributed by atoms with van der Waals surface area (Å²) in [6.07, 6.45) is 0. The molecule has 31 heavy (non-hydrogen) atoms. The second kappa shape index (κ2) is 9.65. The minimum atomic E-state index is -3.79. The van der Waals surface area contributed by atoms with Crippen LogP contribution in [-0.4, -0.2) is 14.3 Å². The van der Waals surface area contributed by atoms with Crippen LogP contribution in [0.3, 0.4) is 0 Å². The number of hydrogen-bond donors (Lipinski definition) is 3. The fraction of sp³-hybridized carbons (Fsp3) is 0.0952. The third-order valence-electron chi connectivity index (χ3n) is 4.31. The van der Waals surface area contributed by atoms with E-state index in [1.165, 1.54) is 24.3 Å². The molecule has 3 aromatic rings. The topological polar surface area (TPSA) is 101 Å². The number of hydrogen-bond acceptors (Lipinski definition) is 4. The normalized spacial score (nSPS) is 11.2. The van der Waals surface area contributed by atoms with Crippen molar-refractivity contribution in [3.63, 3.8) is 0 Å². The highest BCUT2D eigenvalue weighted by atomic mass is 35.5. The van der Waals surface area contributed by atoms with Crippen molar-refractivity contribution in [1.82, 2.24) is 0 Å². The number of rotatable bonds is 7. The molecule has 3 rings (SSSR count). The van der Waals surface area contributed by atoms with E-state index in [4.69, 9.17) is 28.9 Å². The Morgan fingerprint density at radius 3 is 2.39 bits per heavy atom. The van der Waals surface area contributed by atoms with Crippen molar-refractivity contribution in [2.75, 3.05) is 10.0 Å². The Morgan fingerprint density at radius 2 is 1.74 bits per heavy atom. The van der Waals surface area contributed by atoms with Gasteiger partial charge in [0.2, 0.25) is 10.0 Å². The Kier molecular flexibility index (Phi) is 7.17. The zero-order valence-corrected chi connectivity index (χ0v) is 18.4. The average Bonchev–Trinajstić information content (AvgIpc) is 2.69. The molecule has 0 fully saturated rings. The first kappa shape index (κ1) is 23.0. The third kappa shape index (κ3) is 5.95. The highest BCUT2D eigenvalue weighted by molar-refractivity contribution is 7.91. The number of anilines is 2. The van der Waals surface area contributed by atoms with Crippen molar-refractivity contribution in [2.24, 2.45) is 5.73 Å². The van der Waals surface area contributed by atoms with Gasteiger partial charge in [-0.25, -0.2) is 12.8 Å². The van der Waals surface area contributed by atoms with Gasteiger partial charge in [-0.2, -0.15) is 0 Å². The number of halogens is 3. The summed E-state index contributed by atoms with van der Waals surface area (Å²) in [7, 11) is -3.79. The van der Waals surface area contributed by atoms with Crippen molar-refractivity contribution in [3.8, 4) is 0 Å². The van der Waals surface area contributed by atoms with Crippen LogP contribution >= 0.6 is 23.2 Å². The minimum absolute atomic E-state index is 0.0417. The van der Waals surface area contributed by atoms with Crippen molar-refractivity contribution in [1.29, 1.82) is 0 Å². The summed E-state index contributed by atoms with van der Waals surface area (Å²) in [5.41, 5.74) is 6.91.